The number of morpholine rings is 1. The fourth-order valence-corrected chi connectivity index (χ4v) is 4.34. The summed E-state index contributed by atoms with van der Waals surface area (Å²) in [6.45, 7) is 3.04. The van der Waals surface area contributed by atoms with Crippen molar-refractivity contribution in [2.75, 3.05) is 18.1 Å². The summed E-state index contributed by atoms with van der Waals surface area (Å²) in [7, 11) is 0. The van der Waals surface area contributed by atoms with Gasteiger partial charge in [-0.3, -0.25) is 4.79 Å². The first kappa shape index (κ1) is 27.5. The normalized spacial score (nSPS) is 21.4. The van der Waals surface area contributed by atoms with Gasteiger partial charge in [-0.2, -0.15) is 36.7 Å². The standard InChI is InChI=1S/C24H21F7N4O3/c1-13(14-9-16(23(26,27)28)11-17(10-14)24(29,30)31)38-21-22(2,15-3-5-18(25)6-4-15)35(7-8-37-21)20-19(12-36)32-34-33-20/h3-6,9-13,21H,7-8H2,1-2H3,(H,32,33,34)/t13-,21-,22+/m1/s1. The first-order valence-electron chi connectivity index (χ1n) is 11.2. The Bertz CT molecular complexity index is 1260. The van der Waals surface area contributed by atoms with E-state index in [2.05, 4.69) is 15.4 Å². The highest BCUT2D eigenvalue weighted by atomic mass is 19.4. The quantitative estimate of drug-likeness (QED) is 0.318. The Labute approximate surface area is 211 Å². The number of benzene rings is 2. The van der Waals surface area contributed by atoms with Crippen LogP contribution in [0.3, 0.4) is 0 Å². The van der Waals surface area contributed by atoms with Crippen LogP contribution >= 0.6 is 0 Å². The maximum atomic E-state index is 13.7. The van der Waals surface area contributed by atoms with E-state index >= 15 is 0 Å². The third-order valence-corrected chi connectivity index (χ3v) is 6.36. The van der Waals surface area contributed by atoms with E-state index in [1.165, 1.54) is 31.2 Å². The molecule has 3 atom stereocenters. The van der Waals surface area contributed by atoms with Gasteiger partial charge < -0.3 is 14.4 Å². The molecule has 7 nitrogen and oxygen atoms in total. The van der Waals surface area contributed by atoms with Crippen LogP contribution in [0.2, 0.25) is 0 Å². The number of ether oxygens (including phenoxy) is 2. The molecule has 0 saturated carbocycles. The van der Waals surface area contributed by atoms with E-state index in [0.717, 1.165) is 0 Å². The average Bonchev–Trinajstić information content (AvgIpc) is 3.33. The summed E-state index contributed by atoms with van der Waals surface area (Å²) in [6, 6.07) is 6.37. The van der Waals surface area contributed by atoms with Gasteiger partial charge in [-0.15, -0.1) is 5.10 Å². The van der Waals surface area contributed by atoms with Gasteiger partial charge in [0.25, 0.3) is 0 Å². The minimum atomic E-state index is -5.03. The van der Waals surface area contributed by atoms with Crippen LogP contribution in [0.15, 0.2) is 42.5 Å². The SMILES string of the molecule is C[C@@H](O[C@H]1OCCN(c2n[nH]nc2C=O)[C@@]1(C)c1ccc(F)cc1)c1cc(C(F)(F)F)cc(C(F)(F)F)c1. The molecule has 1 aliphatic heterocycles. The number of halogens is 7. The zero-order chi connectivity index (χ0) is 27.9. The molecule has 1 saturated heterocycles. The van der Waals surface area contributed by atoms with Crippen LogP contribution in [0.1, 0.15) is 52.7 Å². The number of H-pyrrole nitrogens is 1. The molecule has 1 fully saturated rings. The molecule has 1 aliphatic rings. The predicted octanol–water partition coefficient (Wildman–Crippen LogP) is 5.65. The largest absolute Gasteiger partial charge is 0.416 e. The van der Waals surface area contributed by atoms with Crippen molar-refractivity contribution in [3.05, 3.63) is 76.2 Å². The summed E-state index contributed by atoms with van der Waals surface area (Å²) >= 11 is 0. The monoisotopic (exact) mass is 546 g/mol. The van der Waals surface area contributed by atoms with Crippen LogP contribution in [0, 0.1) is 5.82 Å². The number of anilines is 1. The van der Waals surface area contributed by atoms with Gasteiger partial charge in [0.15, 0.2) is 24.1 Å². The molecule has 2 aromatic carbocycles. The van der Waals surface area contributed by atoms with Crippen molar-refractivity contribution in [1.82, 2.24) is 15.4 Å². The van der Waals surface area contributed by atoms with Crippen molar-refractivity contribution >= 4 is 12.1 Å². The van der Waals surface area contributed by atoms with E-state index in [1.54, 1.807) is 11.8 Å². The van der Waals surface area contributed by atoms with Gasteiger partial charge >= 0.3 is 12.4 Å². The summed E-state index contributed by atoms with van der Waals surface area (Å²) in [4.78, 5) is 13.1. The number of alkyl halides is 6. The van der Waals surface area contributed by atoms with Crippen LogP contribution in [-0.2, 0) is 27.4 Å². The van der Waals surface area contributed by atoms with Crippen molar-refractivity contribution < 1.29 is 45.0 Å². The van der Waals surface area contributed by atoms with Gasteiger partial charge in [0, 0.05) is 6.54 Å². The molecule has 4 rings (SSSR count). The number of carbonyl (C=O) groups is 1. The van der Waals surface area contributed by atoms with Gasteiger partial charge in [0.2, 0.25) is 0 Å². The van der Waals surface area contributed by atoms with Crippen molar-refractivity contribution in [3.63, 3.8) is 0 Å². The van der Waals surface area contributed by atoms with E-state index in [4.69, 9.17) is 9.47 Å². The number of aromatic amines is 1. The molecule has 0 spiro atoms. The first-order chi connectivity index (χ1) is 17.7. The Balaban J connectivity index is 1.77. The predicted molar refractivity (Wildman–Crippen MR) is 119 cm³/mol. The molecule has 204 valence electrons. The minimum absolute atomic E-state index is 0.00425. The molecule has 38 heavy (non-hydrogen) atoms. The molecule has 14 heteroatoms. The second-order valence-electron chi connectivity index (χ2n) is 8.78. The molecule has 0 radical (unpaired) electrons. The number of aromatic nitrogens is 3. The Kier molecular flexibility index (Phi) is 7.23. The molecule has 3 aromatic rings. The number of carbonyl (C=O) groups excluding carboxylic acids is 1. The lowest BCUT2D eigenvalue weighted by molar-refractivity contribution is -0.217. The molecule has 1 N–H and O–H groups in total. The highest BCUT2D eigenvalue weighted by molar-refractivity contribution is 5.80. The molecule has 0 bridgehead atoms. The van der Waals surface area contributed by atoms with Gasteiger partial charge in [-0.05, 0) is 55.3 Å². The van der Waals surface area contributed by atoms with Crippen LogP contribution in [0.25, 0.3) is 0 Å². The Morgan fingerprint density at radius 1 is 1.08 bits per heavy atom. The maximum absolute atomic E-state index is 13.7. The number of hydrogen-bond donors (Lipinski definition) is 1. The van der Waals surface area contributed by atoms with E-state index in [0.29, 0.717) is 24.0 Å². The summed E-state index contributed by atoms with van der Waals surface area (Å²) in [5.74, 6) is -0.445. The molecule has 1 aromatic heterocycles. The Hall–Kier alpha value is -3.52. The zero-order valence-corrected chi connectivity index (χ0v) is 19.9. The van der Waals surface area contributed by atoms with Crippen LogP contribution < -0.4 is 4.90 Å². The first-order valence-corrected chi connectivity index (χ1v) is 11.2. The van der Waals surface area contributed by atoms with Crippen LogP contribution in [-0.4, -0.2) is 41.1 Å². The van der Waals surface area contributed by atoms with Gasteiger partial charge in [0.1, 0.15) is 11.4 Å². The third kappa shape index (κ3) is 5.23. The molecular weight excluding hydrogens is 525 g/mol. The summed E-state index contributed by atoms with van der Waals surface area (Å²) < 4.78 is 106. The van der Waals surface area contributed by atoms with E-state index in [1.807, 2.05) is 0 Å². The number of hydrogen-bond acceptors (Lipinski definition) is 6. The van der Waals surface area contributed by atoms with Crippen molar-refractivity contribution in [1.29, 1.82) is 0 Å². The van der Waals surface area contributed by atoms with Crippen molar-refractivity contribution in [3.8, 4) is 0 Å². The Morgan fingerprint density at radius 2 is 1.68 bits per heavy atom. The smallest absolute Gasteiger partial charge is 0.348 e. The van der Waals surface area contributed by atoms with Gasteiger partial charge in [0.05, 0.1) is 23.8 Å². The highest BCUT2D eigenvalue weighted by Gasteiger charge is 2.49. The average molecular weight is 546 g/mol. The van der Waals surface area contributed by atoms with Gasteiger partial charge in [-0.1, -0.05) is 12.1 Å². The molecule has 0 amide bonds. The van der Waals surface area contributed by atoms with Crippen molar-refractivity contribution in [2.24, 2.45) is 0 Å². The molecule has 2 heterocycles. The fourth-order valence-electron chi connectivity index (χ4n) is 4.34. The lowest BCUT2D eigenvalue weighted by Crippen LogP contribution is -2.60. The lowest BCUT2D eigenvalue weighted by atomic mass is 9.87. The maximum Gasteiger partial charge on any atom is 0.416 e. The number of nitrogens with zero attached hydrogens (tertiary/aromatic N) is 3. The topological polar surface area (TPSA) is 80.3 Å². The molecule has 0 aliphatic carbocycles. The molecular formula is C24H21F7N4O3. The third-order valence-electron chi connectivity index (χ3n) is 6.36. The summed E-state index contributed by atoms with van der Waals surface area (Å²) in [5, 5.41) is 10.1. The Morgan fingerprint density at radius 3 is 2.24 bits per heavy atom. The second-order valence-corrected chi connectivity index (χ2v) is 8.78. The van der Waals surface area contributed by atoms with E-state index < -0.39 is 47.2 Å². The van der Waals surface area contributed by atoms with E-state index in [-0.39, 0.29) is 36.3 Å². The fraction of sp³-hybridized carbons (Fsp3) is 0.375. The lowest BCUT2D eigenvalue weighted by Gasteiger charge is -2.50. The second kappa shape index (κ2) is 9.98. The van der Waals surface area contributed by atoms with Crippen molar-refractivity contribution in [2.45, 2.75) is 44.1 Å². The zero-order valence-electron chi connectivity index (χ0n) is 19.9. The van der Waals surface area contributed by atoms with Gasteiger partial charge in [-0.25, -0.2) is 4.39 Å². The van der Waals surface area contributed by atoms with Crippen LogP contribution in [0.4, 0.5) is 36.6 Å². The summed E-state index contributed by atoms with van der Waals surface area (Å²) in [5.41, 5.74) is -4.37. The molecule has 0 unspecified atom stereocenters. The highest BCUT2D eigenvalue weighted by Crippen LogP contribution is 2.43. The van der Waals surface area contributed by atoms with Crippen LogP contribution in [0.5, 0.6) is 0 Å². The summed E-state index contributed by atoms with van der Waals surface area (Å²) in [6.07, 6.45) is -12.2. The number of nitrogens with one attached hydrogen (secondary N) is 1. The number of rotatable bonds is 6. The number of aldehydes is 1. The minimum Gasteiger partial charge on any atom is -0.348 e. The van der Waals surface area contributed by atoms with E-state index in [9.17, 15) is 35.5 Å².